The zero-order valence-corrected chi connectivity index (χ0v) is 25.5. The molecular formula is C33H55N5O2. The Labute approximate surface area is 242 Å². The molecule has 1 aliphatic heterocycles. The van der Waals surface area contributed by atoms with Crippen LogP contribution in [0.15, 0.2) is 6.07 Å². The zero-order chi connectivity index (χ0) is 28.1. The van der Waals surface area contributed by atoms with Crippen molar-refractivity contribution in [1.29, 1.82) is 0 Å². The van der Waals surface area contributed by atoms with Crippen LogP contribution in [0, 0.1) is 11.8 Å². The van der Waals surface area contributed by atoms with Gasteiger partial charge in [-0.2, -0.15) is 0 Å². The lowest BCUT2D eigenvalue weighted by molar-refractivity contribution is -0.123. The highest BCUT2D eigenvalue weighted by Gasteiger charge is 2.28. The molecular weight excluding hydrogens is 498 g/mol. The van der Waals surface area contributed by atoms with Crippen molar-refractivity contribution in [2.45, 2.75) is 134 Å². The van der Waals surface area contributed by atoms with Crippen molar-refractivity contribution < 1.29 is 9.90 Å². The number of aliphatic hydroxyl groups excluding tert-OH is 1. The first-order chi connectivity index (χ1) is 19.2. The number of carbonyl (C=O) groups excluding carboxylic acids is 1. The number of carbonyl (C=O) groups is 1. The molecule has 3 aliphatic carbocycles. The van der Waals surface area contributed by atoms with Crippen LogP contribution in [0.2, 0.25) is 0 Å². The fourth-order valence-corrected chi connectivity index (χ4v) is 7.44. The topological polar surface area (TPSA) is 81.6 Å². The van der Waals surface area contributed by atoms with Crippen LogP contribution >= 0.6 is 0 Å². The maximum atomic E-state index is 12.6. The summed E-state index contributed by atoms with van der Waals surface area (Å²) < 4.78 is 0. The summed E-state index contributed by atoms with van der Waals surface area (Å²) >= 11 is 0. The third kappa shape index (κ3) is 8.18. The van der Waals surface area contributed by atoms with Crippen LogP contribution in [0.5, 0.6) is 0 Å². The number of rotatable bonds is 8. The third-order valence-electron chi connectivity index (χ3n) is 10.2. The molecule has 4 aliphatic rings. The van der Waals surface area contributed by atoms with E-state index in [9.17, 15) is 9.90 Å². The van der Waals surface area contributed by atoms with Gasteiger partial charge in [-0.05, 0) is 89.0 Å². The average Bonchev–Trinajstić information content (AvgIpc) is 3.49. The summed E-state index contributed by atoms with van der Waals surface area (Å²) in [5.74, 6) is 4.23. The lowest BCUT2D eigenvalue weighted by atomic mass is 9.83. The van der Waals surface area contributed by atoms with E-state index < -0.39 is 0 Å². The molecule has 0 spiro atoms. The van der Waals surface area contributed by atoms with Gasteiger partial charge in [-0.3, -0.25) is 9.69 Å². The van der Waals surface area contributed by atoms with Gasteiger partial charge >= 0.3 is 0 Å². The van der Waals surface area contributed by atoms with Crippen LogP contribution in [0.1, 0.15) is 128 Å². The van der Waals surface area contributed by atoms with E-state index in [1.165, 1.54) is 57.2 Å². The smallest absolute Gasteiger partial charge is 0.220 e. The van der Waals surface area contributed by atoms with Crippen molar-refractivity contribution in [2.24, 2.45) is 11.8 Å². The maximum absolute atomic E-state index is 12.6. The minimum atomic E-state index is -0.145. The van der Waals surface area contributed by atoms with Crippen LogP contribution in [-0.4, -0.2) is 70.8 Å². The minimum absolute atomic E-state index is 0.0348. The van der Waals surface area contributed by atoms with E-state index in [0.29, 0.717) is 24.3 Å². The molecule has 1 saturated heterocycles. The second kappa shape index (κ2) is 13.5. The van der Waals surface area contributed by atoms with Crippen molar-refractivity contribution >= 4 is 11.7 Å². The van der Waals surface area contributed by atoms with Gasteiger partial charge < -0.3 is 15.3 Å². The molecule has 5 rings (SSSR count). The van der Waals surface area contributed by atoms with E-state index in [4.69, 9.17) is 9.97 Å². The summed E-state index contributed by atoms with van der Waals surface area (Å²) in [5, 5.41) is 13.0. The van der Waals surface area contributed by atoms with Crippen molar-refractivity contribution in [2.75, 3.05) is 37.6 Å². The first kappa shape index (κ1) is 29.8. The minimum Gasteiger partial charge on any atom is -0.393 e. The van der Waals surface area contributed by atoms with Crippen molar-refractivity contribution in [3.63, 3.8) is 0 Å². The van der Waals surface area contributed by atoms with E-state index in [1.54, 1.807) is 0 Å². The lowest BCUT2D eigenvalue weighted by Gasteiger charge is -2.37. The Bertz CT molecular complexity index is 948. The van der Waals surface area contributed by atoms with Gasteiger partial charge in [0.1, 0.15) is 11.6 Å². The Morgan fingerprint density at radius 2 is 1.55 bits per heavy atom. The second-order valence-electron chi connectivity index (χ2n) is 14.5. The molecule has 2 heterocycles. The molecule has 1 aromatic rings. The van der Waals surface area contributed by atoms with Gasteiger partial charge in [-0.15, -0.1) is 0 Å². The van der Waals surface area contributed by atoms with E-state index in [1.807, 2.05) is 0 Å². The predicted octanol–water partition coefficient (Wildman–Crippen LogP) is 5.56. The van der Waals surface area contributed by atoms with Gasteiger partial charge in [0.15, 0.2) is 0 Å². The van der Waals surface area contributed by atoms with Gasteiger partial charge in [0.25, 0.3) is 0 Å². The molecule has 7 nitrogen and oxygen atoms in total. The normalized spacial score (nSPS) is 29.1. The highest BCUT2D eigenvalue weighted by molar-refractivity contribution is 5.76. The molecule has 224 valence electrons. The zero-order valence-electron chi connectivity index (χ0n) is 25.5. The number of aromatic nitrogens is 2. The quantitative estimate of drug-likeness (QED) is 0.439. The largest absolute Gasteiger partial charge is 0.393 e. The van der Waals surface area contributed by atoms with Gasteiger partial charge in [-0.1, -0.05) is 33.6 Å². The van der Waals surface area contributed by atoms with E-state index in [0.717, 1.165) is 82.3 Å². The Balaban J connectivity index is 1.03. The van der Waals surface area contributed by atoms with Crippen molar-refractivity contribution in [3.05, 3.63) is 17.6 Å². The highest BCUT2D eigenvalue weighted by atomic mass is 16.3. The molecule has 0 atom stereocenters. The summed E-state index contributed by atoms with van der Waals surface area (Å²) in [4.78, 5) is 27.8. The fourth-order valence-electron chi connectivity index (χ4n) is 7.44. The monoisotopic (exact) mass is 553 g/mol. The standard InChI is InChI=1S/C33H55N5O2/c1-33(2,3)32-35-29(26-6-4-5-7-26)23-30(36-32)38-20-18-37(19-21-38)17-16-24-8-12-27(13-9-24)34-31(40)22-25-10-14-28(39)15-11-25/h23-28,39H,4-22H2,1-3H3,(H,34,40). The molecule has 0 aromatic carbocycles. The number of hydrogen-bond acceptors (Lipinski definition) is 6. The summed E-state index contributed by atoms with van der Waals surface area (Å²) in [6.45, 7) is 12.2. The number of aliphatic hydroxyl groups is 1. The van der Waals surface area contributed by atoms with E-state index in [-0.39, 0.29) is 17.4 Å². The molecule has 7 heteroatoms. The first-order valence-corrected chi connectivity index (χ1v) is 16.6. The van der Waals surface area contributed by atoms with Crippen molar-refractivity contribution in [1.82, 2.24) is 20.2 Å². The van der Waals surface area contributed by atoms with Crippen LogP contribution in [0.4, 0.5) is 5.82 Å². The maximum Gasteiger partial charge on any atom is 0.220 e. The SMILES string of the molecule is CC(C)(C)c1nc(C2CCCC2)cc(N2CCN(CCC3CCC(NC(=O)CC4CCC(O)CC4)CC3)CC2)n1. The number of amides is 1. The first-order valence-electron chi connectivity index (χ1n) is 16.6. The number of piperazine rings is 1. The van der Waals surface area contributed by atoms with Gasteiger partial charge in [0, 0.05) is 61.7 Å². The molecule has 2 N–H and O–H groups in total. The summed E-state index contributed by atoms with van der Waals surface area (Å²) in [6, 6.07) is 2.67. The summed E-state index contributed by atoms with van der Waals surface area (Å²) in [6.07, 6.45) is 15.4. The average molecular weight is 554 g/mol. The lowest BCUT2D eigenvalue weighted by Crippen LogP contribution is -2.47. The van der Waals surface area contributed by atoms with Gasteiger partial charge in [-0.25, -0.2) is 9.97 Å². The molecule has 1 aromatic heterocycles. The van der Waals surface area contributed by atoms with Crippen molar-refractivity contribution in [3.8, 4) is 0 Å². The summed E-state index contributed by atoms with van der Waals surface area (Å²) in [5.41, 5.74) is 1.24. The van der Waals surface area contributed by atoms with Gasteiger partial charge in [0.05, 0.1) is 6.10 Å². The Morgan fingerprint density at radius 3 is 2.20 bits per heavy atom. The predicted molar refractivity (Wildman–Crippen MR) is 162 cm³/mol. The molecule has 3 saturated carbocycles. The van der Waals surface area contributed by atoms with Crippen LogP contribution in [0.3, 0.4) is 0 Å². The Hall–Kier alpha value is -1.73. The second-order valence-corrected chi connectivity index (χ2v) is 14.5. The number of nitrogens with zero attached hydrogens (tertiary/aromatic N) is 4. The van der Waals surface area contributed by atoms with E-state index >= 15 is 0 Å². The Kier molecular flexibility index (Phi) is 10.0. The van der Waals surface area contributed by atoms with Crippen LogP contribution < -0.4 is 10.2 Å². The molecule has 40 heavy (non-hydrogen) atoms. The molecule has 0 radical (unpaired) electrons. The fraction of sp³-hybridized carbons (Fsp3) is 0.848. The van der Waals surface area contributed by atoms with E-state index in [2.05, 4.69) is 42.0 Å². The highest BCUT2D eigenvalue weighted by Crippen LogP contribution is 2.36. The Morgan fingerprint density at radius 1 is 0.900 bits per heavy atom. The van der Waals surface area contributed by atoms with Crippen LogP contribution in [0.25, 0.3) is 0 Å². The molecule has 0 unspecified atom stereocenters. The third-order valence-corrected chi connectivity index (χ3v) is 10.2. The number of nitrogens with one attached hydrogen (secondary N) is 1. The number of anilines is 1. The summed E-state index contributed by atoms with van der Waals surface area (Å²) in [7, 11) is 0. The molecule has 0 bridgehead atoms. The van der Waals surface area contributed by atoms with Gasteiger partial charge in [0.2, 0.25) is 5.91 Å². The molecule has 1 amide bonds. The molecule has 4 fully saturated rings. The number of hydrogen-bond donors (Lipinski definition) is 2. The van der Waals surface area contributed by atoms with Crippen LogP contribution in [-0.2, 0) is 10.2 Å².